The van der Waals surface area contributed by atoms with Gasteiger partial charge in [0.25, 0.3) is 0 Å². The molecule has 0 radical (unpaired) electrons. The van der Waals surface area contributed by atoms with Crippen LogP contribution in [0.1, 0.15) is 31.2 Å². The molecule has 0 aliphatic carbocycles. The number of alkyl halides is 3. The predicted molar refractivity (Wildman–Crippen MR) is 108 cm³/mol. The number of halogens is 3. The number of aromatic nitrogens is 7. The van der Waals surface area contributed by atoms with Gasteiger partial charge in [0.05, 0.1) is 30.7 Å². The molecule has 1 saturated heterocycles. The quantitative estimate of drug-likeness (QED) is 0.518. The van der Waals surface area contributed by atoms with Crippen LogP contribution in [-0.4, -0.2) is 53.2 Å². The zero-order valence-corrected chi connectivity index (χ0v) is 17.2. The number of ether oxygens (including phenoxy) is 1. The molecule has 5 heterocycles. The van der Waals surface area contributed by atoms with E-state index in [0.29, 0.717) is 18.1 Å². The molecule has 1 N–H and O–H groups in total. The lowest BCUT2D eigenvalue weighted by Gasteiger charge is -2.42. The molecule has 166 valence electrons. The number of nitrogens with zero attached hydrogens (tertiary/aromatic N) is 7. The molecular weight excluding hydrogens is 425 g/mol. The normalized spacial score (nSPS) is 21.9. The molecule has 0 saturated carbocycles. The van der Waals surface area contributed by atoms with E-state index in [-0.39, 0.29) is 29.7 Å². The number of rotatable bonds is 3. The van der Waals surface area contributed by atoms with Crippen LogP contribution in [0.2, 0.25) is 0 Å². The fraction of sp³-hybridized carbons (Fsp3) is 0.350. The molecule has 0 amide bonds. The first-order valence-corrected chi connectivity index (χ1v) is 9.96. The third kappa shape index (κ3) is 3.55. The monoisotopic (exact) mass is 444 g/mol. The lowest BCUT2D eigenvalue weighted by molar-refractivity contribution is -0.141. The Balaban J connectivity index is 1.52. The van der Waals surface area contributed by atoms with Gasteiger partial charge in [-0.25, -0.2) is 19.9 Å². The Bertz CT molecular complexity index is 1240. The number of hydrogen-bond acceptors (Lipinski definition) is 7. The summed E-state index contributed by atoms with van der Waals surface area (Å²) in [5, 5.41) is 6.82. The van der Waals surface area contributed by atoms with Crippen LogP contribution in [0.3, 0.4) is 0 Å². The fourth-order valence-electron chi connectivity index (χ4n) is 3.92. The minimum Gasteiger partial charge on any atom is -0.366 e. The molecule has 1 aliphatic heterocycles. The Morgan fingerprint density at radius 1 is 1.12 bits per heavy atom. The Kier molecular flexibility index (Phi) is 4.81. The molecule has 4 aromatic rings. The highest BCUT2D eigenvalue weighted by Crippen LogP contribution is 2.34. The summed E-state index contributed by atoms with van der Waals surface area (Å²) in [6.45, 7) is 4.60. The van der Waals surface area contributed by atoms with Gasteiger partial charge >= 0.3 is 6.18 Å². The Labute approximate surface area is 180 Å². The van der Waals surface area contributed by atoms with Crippen molar-refractivity contribution < 1.29 is 17.9 Å². The summed E-state index contributed by atoms with van der Waals surface area (Å²) in [5.41, 5.74) is 0.529. The minimum absolute atomic E-state index is 0.0604. The first-order chi connectivity index (χ1) is 15.3. The van der Waals surface area contributed by atoms with Gasteiger partial charge in [-0.15, -0.1) is 0 Å². The highest BCUT2D eigenvalue weighted by atomic mass is 19.4. The van der Waals surface area contributed by atoms with Gasteiger partial charge in [0, 0.05) is 30.7 Å². The summed E-state index contributed by atoms with van der Waals surface area (Å²) in [4.78, 5) is 18.6. The summed E-state index contributed by atoms with van der Waals surface area (Å²) >= 11 is 0. The van der Waals surface area contributed by atoms with E-state index in [1.807, 2.05) is 13.8 Å². The Hall–Kier alpha value is -3.54. The largest absolute Gasteiger partial charge is 0.434 e. The van der Waals surface area contributed by atoms with Crippen LogP contribution in [0.15, 0.2) is 43.2 Å². The van der Waals surface area contributed by atoms with Crippen LogP contribution < -0.4 is 4.90 Å². The molecule has 12 heteroatoms. The number of imidazole rings is 1. The highest BCUT2D eigenvalue weighted by molar-refractivity contribution is 5.58. The number of hydrogen-bond donors (Lipinski definition) is 1. The highest BCUT2D eigenvalue weighted by Gasteiger charge is 2.35. The van der Waals surface area contributed by atoms with Gasteiger partial charge in [-0.05, 0) is 19.9 Å². The summed E-state index contributed by atoms with van der Waals surface area (Å²) in [6, 6.07) is 1.71. The number of fused-ring (bicyclic) bond motifs is 1. The summed E-state index contributed by atoms with van der Waals surface area (Å²) in [7, 11) is 0. The molecule has 0 bridgehead atoms. The first-order valence-electron chi connectivity index (χ1n) is 9.96. The number of aromatic amines is 1. The number of anilines is 1. The van der Waals surface area contributed by atoms with E-state index in [1.54, 1.807) is 24.7 Å². The maximum Gasteiger partial charge on any atom is 0.434 e. The van der Waals surface area contributed by atoms with Crippen molar-refractivity contribution in [3.63, 3.8) is 0 Å². The lowest BCUT2D eigenvalue weighted by Crippen LogP contribution is -2.49. The molecule has 5 rings (SSSR count). The van der Waals surface area contributed by atoms with Crippen molar-refractivity contribution in [2.24, 2.45) is 0 Å². The first kappa shape index (κ1) is 20.4. The molecule has 1 aliphatic rings. The molecule has 3 unspecified atom stereocenters. The van der Waals surface area contributed by atoms with Crippen molar-refractivity contribution in [2.45, 2.75) is 38.3 Å². The standard InChI is InChI=1S/C20H19F3N8O/c1-11-9-30(12(2)18(32-11)13-5-27-28-6-13)16-3-4-24-19(29-16)14-7-26-17-8-25-15(10-31(14)17)20(21,22)23/h3-8,10-12,18H,9H2,1-2H3,(H,27,28). The molecule has 0 aromatic carbocycles. The number of morpholine rings is 1. The lowest BCUT2D eigenvalue weighted by atomic mass is 10.0. The van der Waals surface area contributed by atoms with Gasteiger partial charge in [0.1, 0.15) is 17.6 Å². The van der Waals surface area contributed by atoms with Crippen molar-refractivity contribution in [1.82, 2.24) is 34.5 Å². The molecule has 4 aromatic heterocycles. The maximum atomic E-state index is 13.1. The van der Waals surface area contributed by atoms with E-state index >= 15 is 0 Å². The number of nitrogens with one attached hydrogen (secondary N) is 1. The zero-order chi connectivity index (χ0) is 22.5. The molecule has 9 nitrogen and oxygen atoms in total. The molecule has 32 heavy (non-hydrogen) atoms. The fourth-order valence-corrected chi connectivity index (χ4v) is 3.92. The Morgan fingerprint density at radius 3 is 2.72 bits per heavy atom. The van der Waals surface area contributed by atoms with Gasteiger partial charge in [-0.1, -0.05) is 0 Å². The molecule has 3 atom stereocenters. The van der Waals surface area contributed by atoms with E-state index in [2.05, 4.69) is 35.0 Å². The SMILES string of the molecule is CC1CN(c2ccnc(-c3cnc4cnc(C(F)(F)F)cn34)n2)C(C)C(c2cn[nH]c2)O1. The Morgan fingerprint density at radius 2 is 1.97 bits per heavy atom. The van der Waals surface area contributed by atoms with Crippen LogP contribution in [0.5, 0.6) is 0 Å². The average Bonchev–Trinajstić information content (AvgIpc) is 3.44. The maximum absolute atomic E-state index is 13.1. The summed E-state index contributed by atoms with van der Waals surface area (Å²) < 4.78 is 46.9. The van der Waals surface area contributed by atoms with Gasteiger partial charge < -0.3 is 9.64 Å². The second-order valence-corrected chi connectivity index (χ2v) is 7.67. The smallest absolute Gasteiger partial charge is 0.366 e. The van der Waals surface area contributed by atoms with Crippen molar-refractivity contribution in [2.75, 3.05) is 11.4 Å². The average molecular weight is 444 g/mol. The minimum atomic E-state index is -4.57. The summed E-state index contributed by atoms with van der Waals surface area (Å²) in [5.74, 6) is 0.909. The molecule has 0 spiro atoms. The summed E-state index contributed by atoms with van der Waals surface area (Å²) in [6.07, 6.45) is 3.69. The van der Waals surface area contributed by atoms with E-state index < -0.39 is 11.9 Å². The van der Waals surface area contributed by atoms with Crippen LogP contribution in [0.25, 0.3) is 17.2 Å². The van der Waals surface area contributed by atoms with Crippen molar-refractivity contribution >= 4 is 11.5 Å². The van der Waals surface area contributed by atoms with Gasteiger partial charge in [-0.3, -0.25) is 9.50 Å². The van der Waals surface area contributed by atoms with E-state index in [1.165, 1.54) is 10.6 Å². The number of H-pyrrole nitrogens is 1. The van der Waals surface area contributed by atoms with Gasteiger partial charge in [-0.2, -0.15) is 18.3 Å². The van der Waals surface area contributed by atoms with E-state index in [0.717, 1.165) is 18.0 Å². The second-order valence-electron chi connectivity index (χ2n) is 7.67. The third-order valence-corrected chi connectivity index (χ3v) is 5.46. The van der Waals surface area contributed by atoms with E-state index in [4.69, 9.17) is 4.74 Å². The molecule has 1 fully saturated rings. The van der Waals surface area contributed by atoms with Gasteiger partial charge in [0.15, 0.2) is 17.2 Å². The van der Waals surface area contributed by atoms with Crippen molar-refractivity contribution in [3.8, 4) is 11.5 Å². The van der Waals surface area contributed by atoms with E-state index in [9.17, 15) is 13.2 Å². The van der Waals surface area contributed by atoms with Crippen LogP contribution in [0.4, 0.5) is 19.0 Å². The third-order valence-electron chi connectivity index (χ3n) is 5.46. The zero-order valence-electron chi connectivity index (χ0n) is 17.2. The van der Waals surface area contributed by atoms with Crippen molar-refractivity contribution in [1.29, 1.82) is 0 Å². The van der Waals surface area contributed by atoms with Crippen LogP contribution >= 0.6 is 0 Å². The predicted octanol–water partition coefficient (Wildman–Crippen LogP) is 3.28. The van der Waals surface area contributed by atoms with Crippen LogP contribution in [0, 0.1) is 0 Å². The van der Waals surface area contributed by atoms with Crippen molar-refractivity contribution in [3.05, 3.63) is 54.5 Å². The topological polar surface area (TPSA) is 97.1 Å². The molecular formula is C20H19F3N8O. The van der Waals surface area contributed by atoms with Gasteiger partial charge in [0.2, 0.25) is 0 Å². The van der Waals surface area contributed by atoms with Crippen LogP contribution in [-0.2, 0) is 10.9 Å². The second kappa shape index (κ2) is 7.55.